The number of hydrogen-bond donors (Lipinski definition) is 1. The van der Waals surface area contributed by atoms with Gasteiger partial charge in [0.1, 0.15) is 18.8 Å². The zero-order valence-corrected chi connectivity index (χ0v) is 14.8. The molecular formula is C21H23NO4. The molecule has 1 fully saturated rings. The molecule has 1 aliphatic rings. The molecule has 3 atom stereocenters. The van der Waals surface area contributed by atoms with Crippen molar-refractivity contribution in [3.8, 4) is 0 Å². The molecule has 1 heterocycles. The molecule has 136 valence electrons. The van der Waals surface area contributed by atoms with E-state index in [0.29, 0.717) is 13.0 Å². The van der Waals surface area contributed by atoms with Crippen LogP contribution >= 0.6 is 0 Å². The summed E-state index contributed by atoms with van der Waals surface area (Å²) in [5.41, 5.74) is 2.00. The molecule has 2 aromatic carbocycles. The maximum atomic E-state index is 12.8. The van der Waals surface area contributed by atoms with Gasteiger partial charge in [-0.15, -0.1) is 0 Å². The molecule has 0 bridgehead atoms. The van der Waals surface area contributed by atoms with Crippen LogP contribution in [0.5, 0.6) is 0 Å². The number of Topliss-reactive ketones (excluding diaryl/α,β-unsaturated/α-hetero) is 1. The lowest BCUT2D eigenvalue weighted by Gasteiger charge is -2.21. The van der Waals surface area contributed by atoms with Crippen LogP contribution in [0.1, 0.15) is 18.1 Å². The average molecular weight is 353 g/mol. The molecule has 0 aromatic heterocycles. The molecule has 0 radical (unpaired) electrons. The standard InChI is InChI=1S/C21H23NO4/c1-15-20(18(23)14-25-15)22-21(24)19(12-16-8-4-2-5-9-16)26-13-17-10-6-3-7-11-17/h2-11,15,19-20H,12-14H2,1H3,(H,22,24)/t15-,19?,20+/m0/s1. The van der Waals surface area contributed by atoms with Crippen LogP contribution in [0.3, 0.4) is 0 Å². The third kappa shape index (κ3) is 4.77. The van der Waals surface area contributed by atoms with Crippen molar-refractivity contribution in [1.82, 2.24) is 5.32 Å². The van der Waals surface area contributed by atoms with Crippen molar-refractivity contribution in [1.29, 1.82) is 0 Å². The van der Waals surface area contributed by atoms with Gasteiger partial charge >= 0.3 is 0 Å². The molecule has 3 rings (SSSR count). The number of ether oxygens (including phenoxy) is 2. The lowest BCUT2D eigenvalue weighted by atomic mass is 10.1. The first-order valence-corrected chi connectivity index (χ1v) is 8.77. The summed E-state index contributed by atoms with van der Waals surface area (Å²) in [4.78, 5) is 24.7. The summed E-state index contributed by atoms with van der Waals surface area (Å²) in [6.07, 6.45) is -0.563. The first-order valence-electron chi connectivity index (χ1n) is 8.77. The maximum absolute atomic E-state index is 12.8. The van der Waals surface area contributed by atoms with E-state index in [9.17, 15) is 9.59 Å². The Morgan fingerprint density at radius 3 is 2.31 bits per heavy atom. The van der Waals surface area contributed by atoms with Crippen LogP contribution in [-0.4, -0.2) is 36.5 Å². The van der Waals surface area contributed by atoms with Gasteiger partial charge in [0, 0.05) is 6.42 Å². The summed E-state index contributed by atoms with van der Waals surface area (Å²) >= 11 is 0. The van der Waals surface area contributed by atoms with E-state index in [1.165, 1.54) is 0 Å². The van der Waals surface area contributed by atoms with Crippen molar-refractivity contribution in [2.75, 3.05) is 6.61 Å². The van der Waals surface area contributed by atoms with Gasteiger partial charge < -0.3 is 14.8 Å². The first-order chi connectivity index (χ1) is 12.6. The summed E-state index contributed by atoms with van der Waals surface area (Å²) in [5, 5.41) is 2.80. The van der Waals surface area contributed by atoms with Gasteiger partial charge in [-0.3, -0.25) is 9.59 Å². The van der Waals surface area contributed by atoms with E-state index in [-0.39, 0.29) is 24.4 Å². The lowest BCUT2D eigenvalue weighted by Crippen LogP contribution is -2.49. The monoisotopic (exact) mass is 353 g/mol. The van der Waals surface area contributed by atoms with Gasteiger partial charge in [-0.1, -0.05) is 60.7 Å². The highest BCUT2D eigenvalue weighted by molar-refractivity contribution is 5.93. The smallest absolute Gasteiger partial charge is 0.250 e. The summed E-state index contributed by atoms with van der Waals surface area (Å²) in [5.74, 6) is -0.396. The van der Waals surface area contributed by atoms with Crippen LogP contribution in [0.25, 0.3) is 0 Å². The highest BCUT2D eigenvalue weighted by atomic mass is 16.5. The molecule has 2 aromatic rings. The minimum absolute atomic E-state index is 0.0420. The topological polar surface area (TPSA) is 64.6 Å². The molecule has 1 amide bonds. The van der Waals surface area contributed by atoms with E-state index in [0.717, 1.165) is 11.1 Å². The van der Waals surface area contributed by atoms with E-state index in [1.807, 2.05) is 60.7 Å². The Morgan fingerprint density at radius 1 is 1.12 bits per heavy atom. The van der Waals surface area contributed by atoms with Gasteiger partial charge in [0.05, 0.1) is 12.7 Å². The summed E-state index contributed by atoms with van der Waals surface area (Å²) in [6.45, 7) is 2.16. The number of hydrogen-bond acceptors (Lipinski definition) is 4. The average Bonchev–Trinajstić information content (AvgIpc) is 2.98. The Labute approximate surface area is 153 Å². The lowest BCUT2D eigenvalue weighted by molar-refractivity contribution is -0.136. The third-order valence-electron chi connectivity index (χ3n) is 4.45. The van der Waals surface area contributed by atoms with Gasteiger partial charge in [0.25, 0.3) is 0 Å². The summed E-state index contributed by atoms with van der Waals surface area (Å²) in [6, 6.07) is 18.8. The van der Waals surface area contributed by atoms with Crippen LogP contribution in [0.2, 0.25) is 0 Å². The largest absolute Gasteiger partial charge is 0.368 e. The zero-order chi connectivity index (χ0) is 18.4. The first kappa shape index (κ1) is 18.3. The fourth-order valence-corrected chi connectivity index (χ4v) is 2.93. The number of amides is 1. The molecule has 0 spiro atoms. The van der Waals surface area contributed by atoms with Crippen molar-refractivity contribution in [2.24, 2.45) is 0 Å². The minimum atomic E-state index is -0.682. The Morgan fingerprint density at radius 2 is 1.73 bits per heavy atom. The van der Waals surface area contributed by atoms with E-state index in [2.05, 4.69) is 5.32 Å². The van der Waals surface area contributed by atoms with Crippen LogP contribution in [-0.2, 0) is 32.1 Å². The molecule has 1 aliphatic heterocycles. The van der Waals surface area contributed by atoms with Gasteiger partial charge in [-0.25, -0.2) is 0 Å². The second kappa shape index (κ2) is 8.74. The second-order valence-corrected chi connectivity index (χ2v) is 6.44. The molecular weight excluding hydrogens is 330 g/mol. The summed E-state index contributed by atoms with van der Waals surface area (Å²) < 4.78 is 11.2. The number of benzene rings is 2. The van der Waals surface area contributed by atoms with Crippen LogP contribution < -0.4 is 5.32 Å². The quantitative estimate of drug-likeness (QED) is 0.829. The Balaban J connectivity index is 1.68. The fourth-order valence-electron chi connectivity index (χ4n) is 2.93. The van der Waals surface area contributed by atoms with Crippen molar-refractivity contribution >= 4 is 11.7 Å². The molecule has 0 saturated carbocycles. The van der Waals surface area contributed by atoms with Gasteiger partial charge in [-0.05, 0) is 18.1 Å². The zero-order valence-electron chi connectivity index (χ0n) is 14.8. The van der Waals surface area contributed by atoms with Crippen molar-refractivity contribution in [3.63, 3.8) is 0 Å². The number of nitrogens with one attached hydrogen (secondary N) is 1. The molecule has 1 N–H and O–H groups in total. The second-order valence-electron chi connectivity index (χ2n) is 6.44. The molecule has 5 heteroatoms. The molecule has 0 aliphatic carbocycles. The van der Waals surface area contributed by atoms with Crippen molar-refractivity contribution in [3.05, 3.63) is 71.8 Å². The predicted octanol–water partition coefficient (Wildman–Crippen LogP) is 2.29. The normalized spacial score (nSPS) is 20.7. The van der Waals surface area contributed by atoms with Gasteiger partial charge in [0.15, 0.2) is 5.78 Å². The van der Waals surface area contributed by atoms with Crippen molar-refractivity contribution < 1.29 is 19.1 Å². The minimum Gasteiger partial charge on any atom is -0.368 e. The number of rotatable bonds is 7. The SMILES string of the molecule is C[C@@H]1OCC(=O)[C@@H]1NC(=O)C(Cc1ccccc1)OCc1ccccc1. The van der Waals surface area contributed by atoms with Crippen LogP contribution in [0.15, 0.2) is 60.7 Å². The predicted molar refractivity (Wildman–Crippen MR) is 97.5 cm³/mol. The summed E-state index contributed by atoms with van der Waals surface area (Å²) in [7, 11) is 0. The van der Waals surface area contributed by atoms with Crippen LogP contribution in [0, 0.1) is 0 Å². The van der Waals surface area contributed by atoms with E-state index >= 15 is 0 Å². The highest BCUT2D eigenvalue weighted by Crippen LogP contribution is 2.13. The Kier molecular flexibility index (Phi) is 6.15. The number of ketones is 1. The van der Waals surface area contributed by atoms with Crippen molar-refractivity contribution in [2.45, 2.75) is 38.2 Å². The Hall–Kier alpha value is -2.50. The van der Waals surface area contributed by atoms with Gasteiger partial charge in [-0.2, -0.15) is 0 Å². The fraction of sp³-hybridized carbons (Fsp3) is 0.333. The molecule has 1 unspecified atom stereocenters. The highest BCUT2D eigenvalue weighted by Gasteiger charge is 2.35. The molecule has 5 nitrogen and oxygen atoms in total. The van der Waals surface area contributed by atoms with E-state index in [1.54, 1.807) is 6.92 Å². The number of carbonyl (C=O) groups excluding carboxylic acids is 2. The van der Waals surface area contributed by atoms with E-state index in [4.69, 9.17) is 9.47 Å². The van der Waals surface area contributed by atoms with E-state index < -0.39 is 12.1 Å². The van der Waals surface area contributed by atoms with Gasteiger partial charge in [0.2, 0.25) is 5.91 Å². The molecule has 1 saturated heterocycles. The number of carbonyl (C=O) groups is 2. The molecule has 26 heavy (non-hydrogen) atoms. The third-order valence-corrected chi connectivity index (χ3v) is 4.45. The Bertz CT molecular complexity index is 732. The maximum Gasteiger partial charge on any atom is 0.250 e. The van der Waals surface area contributed by atoms with Crippen LogP contribution in [0.4, 0.5) is 0 Å².